The van der Waals surface area contributed by atoms with E-state index in [1.54, 1.807) is 30.3 Å². The molecule has 0 fully saturated rings. The molecule has 0 unspecified atom stereocenters. The molecule has 3 aromatic carbocycles. The van der Waals surface area contributed by atoms with E-state index in [4.69, 9.17) is 16.3 Å². The molecule has 0 saturated heterocycles. The fraction of sp³-hybridized carbons (Fsp3) is 0.333. The monoisotopic (exact) mass is 639 g/mol. The van der Waals surface area contributed by atoms with Crippen molar-refractivity contribution in [2.45, 2.75) is 50.3 Å². The highest BCUT2D eigenvalue weighted by Gasteiger charge is 2.37. The van der Waals surface area contributed by atoms with Crippen LogP contribution in [0.3, 0.4) is 0 Å². The van der Waals surface area contributed by atoms with Gasteiger partial charge in [-0.15, -0.1) is 0 Å². The van der Waals surface area contributed by atoms with Crippen LogP contribution in [0.4, 0.5) is 18.9 Å². The van der Waals surface area contributed by atoms with Crippen molar-refractivity contribution in [3.05, 3.63) is 88.9 Å². The van der Waals surface area contributed by atoms with E-state index in [0.717, 1.165) is 18.6 Å². The van der Waals surface area contributed by atoms with Gasteiger partial charge in [-0.3, -0.25) is 13.9 Å². The zero-order chi connectivity index (χ0) is 31.8. The number of amides is 2. The molecule has 13 heteroatoms. The number of sulfonamides is 1. The summed E-state index contributed by atoms with van der Waals surface area (Å²) in [6, 6.07) is 15.3. The van der Waals surface area contributed by atoms with Gasteiger partial charge < -0.3 is 15.0 Å². The van der Waals surface area contributed by atoms with Gasteiger partial charge in [-0.1, -0.05) is 55.3 Å². The van der Waals surface area contributed by atoms with Crippen molar-refractivity contribution < 1.29 is 35.9 Å². The van der Waals surface area contributed by atoms with Crippen LogP contribution in [-0.2, 0) is 32.3 Å². The van der Waals surface area contributed by atoms with Gasteiger partial charge in [0.25, 0.3) is 10.0 Å². The number of hydrogen-bond donors (Lipinski definition) is 1. The molecule has 0 saturated carbocycles. The van der Waals surface area contributed by atoms with Crippen LogP contribution in [0.25, 0.3) is 0 Å². The molecule has 3 aromatic rings. The third kappa shape index (κ3) is 8.64. The van der Waals surface area contributed by atoms with E-state index in [9.17, 15) is 31.2 Å². The highest BCUT2D eigenvalue weighted by atomic mass is 35.5. The zero-order valence-corrected chi connectivity index (χ0v) is 25.5. The van der Waals surface area contributed by atoms with E-state index in [2.05, 4.69) is 5.32 Å². The van der Waals surface area contributed by atoms with Gasteiger partial charge in [0.1, 0.15) is 18.3 Å². The first-order valence-electron chi connectivity index (χ1n) is 13.4. The van der Waals surface area contributed by atoms with Crippen molar-refractivity contribution in [2.75, 3.05) is 24.5 Å². The maximum absolute atomic E-state index is 13.9. The zero-order valence-electron chi connectivity index (χ0n) is 23.9. The van der Waals surface area contributed by atoms with Gasteiger partial charge in [0.2, 0.25) is 11.8 Å². The van der Waals surface area contributed by atoms with Crippen LogP contribution in [0.1, 0.15) is 37.8 Å². The quantitative estimate of drug-likeness (QED) is 0.235. The predicted molar refractivity (Wildman–Crippen MR) is 158 cm³/mol. The minimum atomic E-state index is -4.88. The van der Waals surface area contributed by atoms with Crippen molar-refractivity contribution >= 4 is 39.1 Å². The summed E-state index contributed by atoms with van der Waals surface area (Å²) < 4.78 is 74.6. The second-order valence-corrected chi connectivity index (χ2v) is 11.9. The Balaban J connectivity index is 2.07. The van der Waals surface area contributed by atoms with E-state index in [1.165, 1.54) is 43.2 Å². The summed E-state index contributed by atoms with van der Waals surface area (Å²) in [6.45, 7) is 2.86. The fourth-order valence-electron chi connectivity index (χ4n) is 4.18. The van der Waals surface area contributed by atoms with E-state index < -0.39 is 56.9 Å². The lowest BCUT2D eigenvalue weighted by molar-refractivity contribution is -0.139. The summed E-state index contributed by atoms with van der Waals surface area (Å²) in [6.07, 6.45) is -3.34. The van der Waals surface area contributed by atoms with Crippen LogP contribution < -0.4 is 14.4 Å². The third-order valence-electron chi connectivity index (χ3n) is 6.66. The number of unbranched alkanes of at least 4 members (excludes halogenated alkanes) is 1. The molecule has 0 aliphatic heterocycles. The average Bonchev–Trinajstić information content (AvgIpc) is 2.98. The lowest BCUT2D eigenvalue weighted by Gasteiger charge is -2.32. The lowest BCUT2D eigenvalue weighted by atomic mass is 10.1. The Labute approximate surface area is 254 Å². The van der Waals surface area contributed by atoms with Crippen LogP contribution >= 0.6 is 11.6 Å². The molecule has 0 radical (unpaired) electrons. The summed E-state index contributed by atoms with van der Waals surface area (Å²) in [5.74, 6) is -0.703. The second kappa shape index (κ2) is 14.6. The highest BCUT2D eigenvalue weighted by molar-refractivity contribution is 7.92. The summed E-state index contributed by atoms with van der Waals surface area (Å²) in [5.41, 5.74) is -1.06. The molecule has 1 atom stereocenters. The molecule has 43 heavy (non-hydrogen) atoms. The summed E-state index contributed by atoms with van der Waals surface area (Å²) >= 11 is 5.80. The number of ether oxygens (including phenoxy) is 1. The Kier molecular flexibility index (Phi) is 11.5. The maximum atomic E-state index is 13.9. The molecule has 0 spiro atoms. The van der Waals surface area contributed by atoms with Crippen molar-refractivity contribution in [2.24, 2.45) is 0 Å². The number of alkyl halides is 3. The Hall–Kier alpha value is -3.77. The minimum absolute atomic E-state index is 0.0845. The van der Waals surface area contributed by atoms with Gasteiger partial charge in [0, 0.05) is 13.1 Å². The third-order valence-corrected chi connectivity index (χ3v) is 8.78. The van der Waals surface area contributed by atoms with Crippen molar-refractivity contribution in [1.82, 2.24) is 10.2 Å². The number of nitrogens with one attached hydrogen (secondary N) is 1. The molecular formula is C30H33ClF3N3O5S. The number of nitrogens with zero attached hydrogens (tertiary/aromatic N) is 2. The van der Waals surface area contributed by atoms with Crippen molar-refractivity contribution in [3.8, 4) is 5.75 Å². The Morgan fingerprint density at radius 3 is 2.26 bits per heavy atom. The molecule has 2 amide bonds. The second-order valence-electron chi connectivity index (χ2n) is 9.68. The molecule has 3 rings (SSSR count). The van der Waals surface area contributed by atoms with Crippen LogP contribution in [0.15, 0.2) is 77.7 Å². The number of carbonyl (C=O) groups is 2. The largest absolute Gasteiger partial charge is 0.497 e. The Morgan fingerprint density at radius 2 is 1.67 bits per heavy atom. The van der Waals surface area contributed by atoms with E-state index >= 15 is 0 Å². The summed E-state index contributed by atoms with van der Waals surface area (Å²) in [7, 11) is -3.05. The van der Waals surface area contributed by atoms with Crippen LogP contribution in [0, 0.1) is 0 Å². The van der Waals surface area contributed by atoms with Crippen LogP contribution in [-0.4, -0.2) is 51.4 Å². The van der Waals surface area contributed by atoms with Gasteiger partial charge in [0.05, 0.1) is 28.3 Å². The highest BCUT2D eigenvalue weighted by Crippen LogP contribution is 2.38. The predicted octanol–water partition coefficient (Wildman–Crippen LogP) is 5.90. The number of anilines is 1. The molecule has 8 nitrogen and oxygen atoms in total. The van der Waals surface area contributed by atoms with Gasteiger partial charge in [0.15, 0.2) is 0 Å². The van der Waals surface area contributed by atoms with Gasteiger partial charge in [-0.2, -0.15) is 13.2 Å². The van der Waals surface area contributed by atoms with E-state index in [-0.39, 0.29) is 11.4 Å². The summed E-state index contributed by atoms with van der Waals surface area (Å²) in [4.78, 5) is 27.9. The molecule has 0 aliphatic rings. The summed E-state index contributed by atoms with van der Waals surface area (Å²) in [5, 5.41) is 2.14. The molecule has 0 heterocycles. The Morgan fingerprint density at radius 1 is 1.02 bits per heavy atom. The average molecular weight is 640 g/mol. The molecule has 232 valence electrons. The normalized spacial score (nSPS) is 12.3. The van der Waals surface area contributed by atoms with Crippen LogP contribution in [0.5, 0.6) is 5.75 Å². The first-order chi connectivity index (χ1) is 20.3. The van der Waals surface area contributed by atoms with E-state index in [0.29, 0.717) is 34.7 Å². The van der Waals surface area contributed by atoms with Crippen molar-refractivity contribution in [1.29, 1.82) is 0 Å². The molecule has 0 bridgehead atoms. The van der Waals surface area contributed by atoms with Gasteiger partial charge >= 0.3 is 6.18 Å². The molecular weight excluding hydrogens is 607 g/mol. The number of methoxy groups -OCH3 is 1. The topological polar surface area (TPSA) is 96.0 Å². The Bertz CT molecular complexity index is 1500. The smallest absolute Gasteiger partial charge is 0.417 e. The van der Waals surface area contributed by atoms with Crippen LogP contribution in [0.2, 0.25) is 5.02 Å². The minimum Gasteiger partial charge on any atom is -0.497 e. The lowest BCUT2D eigenvalue weighted by Crippen LogP contribution is -2.51. The number of rotatable bonds is 13. The first-order valence-corrected chi connectivity index (χ1v) is 15.3. The molecule has 0 aromatic heterocycles. The van der Waals surface area contributed by atoms with Crippen molar-refractivity contribution in [3.63, 3.8) is 0 Å². The van der Waals surface area contributed by atoms with E-state index in [1.807, 2.05) is 6.92 Å². The number of hydrogen-bond acceptors (Lipinski definition) is 5. The first kappa shape index (κ1) is 33.7. The molecule has 0 aliphatic carbocycles. The van der Waals surface area contributed by atoms with Gasteiger partial charge in [-0.05, 0) is 61.4 Å². The molecule has 1 N–H and O–H groups in total. The fourth-order valence-corrected chi connectivity index (χ4v) is 5.83. The van der Waals surface area contributed by atoms with Gasteiger partial charge in [-0.25, -0.2) is 8.42 Å². The maximum Gasteiger partial charge on any atom is 0.417 e. The number of carbonyl (C=O) groups excluding carboxylic acids is 2. The number of benzene rings is 3. The standard InChI is InChI=1S/C30H33ClF3N3O5S/c1-4-5-17-35-29(39)21(2)36(19-22-11-14-24(42-3)15-12-22)28(38)20-37(43(40,41)25-9-7-6-8-10-25)23-13-16-27(31)26(18-23)30(32,33)34/h6-16,18,21H,4-5,17,19-20H2,1-3H3,(H,35,39)/t21-/m0/s1. The number of halogens is 4. The SMILES string of the molecule is CCCCNC(=O)[C@H](C)N(Cc1ccc(OC)cc1)C(=O)CN(c1ccc(Cl)c(C(F)(F)F)c1)S(=O)(=O)c1ccccc1.